The number of carbonyl (C=O) groups is 6. The van der Waals surface area contributed by atoms with Crippen molar-refractivity contribution in [2.75, 3.05) is 19.8 Å². The molecule has 1 saturated heterocycles. The highest BCUT2D eigenvalue weighted by Crippen LogP contribution is 2.30. The summed E-state index contributed by atoms with van der Waals surface area (Å²) in [6, 6.07) is 34.9. The van der Waals surface area contributed by atoms with Crippen molar-refractivity contribution in [1.82, 2.24) is 41.5 Å². The van der Waals surface area contributed by atoms with Gasteiger partial charge in [-0.2, -0.15) is 30.8 Å². The first-order valence-corrected chi connectivity index (χ1v) is 23.9. The molecule has 1 aliphatic rings. The summed E-state index contributed by atoms with van der Waals surface area (Å²) in [5, 5.41) is 45.1. The number of aromatic amines is 2. The maximum Gasteiger partial charge on any atom is 0.312 e. The van der Waals surface area contributed by atoms with E-state index in [1.807, 2.05) is 109 Å². The largest absolute Gasteiger partial charge is 0.481 e. The van der Waals surface area contributed by atoms with E-state index in [4.69, 9.17) is 14.2 Å². The van der Waals surface area contributed by atoms with E-state index in [-0.39, 0.29) is 42.7 Å². The van der Waals surface area contributed by atoms with Crippen molar-refractivity contribution in [2.45, 2.75) is 91.0 Å². The zero-order valence-electron chi connectivity index (χ0n) is 41.1. The summed E-state index contributed by atoms with van der Waals surface area (Å²) in [4.78, 5) is 70.2. The van der Waals surface area contributed by atoms with Crippen molar-refractivity contribution in [3.05, 3.63) is 144 Å². The van der Waals surface area contributed by atoms with E-state index in [0.29, 0.717) is 19.4 Å². The lowest BCUT2D eigenvalue weighted by Crippen LogP contribution is -2.45. The molecule has 2 aromatic heterocycles. The number of halogens is 1. The fourth-order valence-corrected chi connectivity index (χ4v) is 7.87. The lowest BCUT2D eigenvalue weighted by Gasteiger charge is -2.32. The molecular formula is C53H61ClN8O11. The molecule has 3 heterocycles. The third-order valence-electron chi connectivity index (χ3n) is 11.8. The van der Waals surface area contributed by atoms with E-state index in [1.165, 1.54) is 33.2 Å². The smallest absolute Gasteiger partial charge is 0.312 e. The molecule has 0 spiro atoms. The van der Waals surface area contributed by atoms with Gasteiger partial charge in [0.05, 0.1) is 24.4 Å². The first kappa shape index (κ1) is 56.3. The number of nitrogens with zero attached hydrogens (tertiary/aromatic N) is 4. The van der Waals surface area contributed by atoms with E-state index in [1.54, 1.807) is 6.92 Å². The molecule has 0 radical (unpaired) electrons. The fourth-order valence-electron chi connectivity index (χ4n) is 7.87. The van der Waals surface area contributed by atoms with Crippen LogP contribution in [-0.2, 0) is 46.2 Å². The summed E-state index contributed by atoms with van der Waals surface area (Å²) >= 11 is 4.64. The van der Waals surface area contributed by atoms with Crippen LogP contribution >= 0.6 is 11.6 Å². The van der Waals surface area contributed by atoms with Gasteiger partial charge in [-0.05, 0) is 104 Å². The second-order valence-corrected chi connectivity index (χ2v) is 18.6. The molecular weight excluding hydrogens is 960 g/mol. The molecule has 7 rings (SSSR count). The van der Waals surface area contributed by atoms with Crippen molar-refractivity contribution >= 4 is 46.6 Å². The van der Waals surface area contributed by atoms with Gasteiger partial charge in [0.2, 0.25) is 5.24 Å². The molecule has 5 atom stereocenters. The number of hydrogen-bond donors (Lipinski definition) is 6. The molecule has 1 aliphatic heterocycles. The Kier molecular flexibility index (Phi) is 21.5. The molecule has 20 heteroatoms. The molecule has 19 nitrogen and oxygen atoms in total. The van der Waals surface area contributed by atoms with E-state index >= 15 is 0 Å². The minimum atomic E-state index is -1.39. The van der Waals surface area contributed by atoms with Crippen molar-refractivity contribution in [3.8, 4) is 22.3 Å². The van der Waals surface area contributed by atoms with Gasteiger partial charge >= 0.3 is 17.9 Å². The Hall–Kier alpha value is -7.61. The Morgan fingerprint density at radius 3 is 1.42 bits per heavy atom. The first-order chi connectivity index (χ1) is 34.9. The molecule has 4 aromatic carbocycles. The number of rotatable bonds is 21. The van der Waals surface area contributed by atoms with Crippen LogP contribution in [0, 0.1) is 10.8 Å². The fraction of sp³-hybridized carbons (Fsp3) is 0.358. The Labute approximate surface area is 427 Å². The number of carboxylic acid groups (broad SMARTS) is 2. The minimum Gasteiger partial charge on any atom is -0.481 e. The Balaban J connectivity index is 0.000000253. The third kappa shape index (κ3) is 18.5. The van der Waals surface area contributed by atoms with Crippen molar-refractivity contribution < 1.29 is 53.2 Å². The number of aliphatic carboxylic acids is 2. The van der Waals surface area contributed by atoms with Gasteiger partial charge in [-0.25, -0.2) is 0 Å². The summed E-state index contributed by atoms with van der Waals surface area (Å²) in [6.45, 7) is 5.95. The van der Waals surface area contributed by atoms with Crippen LogP contribution in [0.4, 0.5) is 0 Å². The maximum atomic E-state index is 12.8. The number of hydrogen-bond acceptors (Lipinski definition) is 13. The molecule has 0 saturated carbocycles. The predicted octanol–water partition coefficient (Wildman–Crippen LogP) is 7.47. The summed E-state index contributed by atoms with van der Waals surface area (Å²) in [5.41, 5.74) is 3.83. The van der Waals surface area contributed by atoms with Crippen molar-refractivity contribution in [2.24, 2.45) is 10.8 Å². The Bertz CT molecular complexity index is 2670. The Morgan fingerprint density at radius 1 is 0.658 bits per heavy atom. The van der Waals surface area contributed by atoms with E-state index < -0.39 is 58.9 Å². The molecule has 1 fully saturated rings. The second-order valence-electron chi connectivity index (χ2n) is 18.1. The average Bonchev–Trinajstić information content (AvgIpc) is 4.14. The summed E-state index contributed by atoms with van der Waals surface area (Å²) in [5.74, 6) is -3.57. The van der Waals surface area contributed by atoms with Gasteiger partial charge < -0.3 is 35.1 Å². The zero-order valence-corrected chi connectivity index (χ0v) is 41.8. The van der Waals surface area contributed by atoms with Crippen LogP contribution in [0.5, 0.6) is 0 Å². The molecule has 1 unspecified atom stereocenters. The van der Waals surface area contributed by atoms with E-state index in [9.17, 15) is 39.0 Å². The van der Waals surface area contributed by atoms with Crippen LogP contribution in [0.15, 0.2) is 122 Å². The number of esters is 1. The number of carboxylic acids is 2. The normalized spacial score (nSPS) is 15.4. The number of ether oxygens (including phenoxy) is 3. The molecule has 6 N–H and O–H groups in total. The number of carbonyl (C=O) groups excluding carboxylic acids is 4. The summed E-state index contributed by atoms with van der Waals surface area (Å²) in [7, 11) is 0. The van der Waals surface area contributed by atoms with Crippen LogP contribution in [-0.4, -0.2) is 114 Å². The number of benzene rings is 4. The molecule has 0 aliphatic carbocycles. The standard InChI is InChI=1S/C27H32N4O5.C24H26N4O5.C2H3ClO/c1-27(26(33)34,18-36-24-9-5-6-14-35-24)16-22(29-25(32)23-17-28-31-30-23)15-19-10-12-21(13-11-19)20-7-3-2-4-8-20;1-16(29)33-15-24(2,23(31)32)13-20(26-22(30)21-14-25-28-27-21)12-17-8-10-19(11-9-17)18-6-4-3-5-7-18;1-2(3)4/h2-4,7-8,10-13,17,22,24H,5-6,9,14-16,18H2,1H3,(H,29,32)(H,33,34)(H,28,30,31);3-11,14,20H,12-13,15H2,1-2H3,(H,26,30)(H,31,32)(H,25,27,28);1H3/t22-,24?,27+;20-,24+;/m11./s1. The zero-order chi connectivity index (χ0) is 52.8. The molecule has 0 bridgehead atoms. The van der Waals surface area contributed by atoms with Crippen LogP contribution in [0.2, 0.25) is 0 Å². The van der Waals surface area contributed by atoms with Gasteiger partial charge in [-0.1, -0.05) is 109 Å². The third-order valence-corrected chi connectivity index (χ3v) is 11.8. The number of amides is 2. The van der Waals surface area contributed by atoms with Gasteiger partial charge in [-0.15, -0.1) is 0 Å². The maximum absolute atomic E-state index is 12.8. The highest BCUT2D eigenvalue weighted by atomic mass is 35.5. The summed E-state index contributed by atoms with van der Waals surface area (Å²) < 4.78 is 16.5. The topological polar surface area (TPSA) is 278 Å². The monoisotopic (exact) mass is 1020 g/mol. The summed E-state index contributed by atoms with van der Waals surface area (Å²) in [6.07, 6.45) is 5.97. The predicted molar refractivity (Wildman–Crippen MR) is 270 cm³/mol. The van der Waals surface area contributed by atoms with E-state index in [2.05, 4.69) is 53.1 Å². The second kappa shape index (κ2) is 27.8. The quantitative estimate of drug-likeness (QED) is 0.0301. The minimum absolute atomic E-state index is 0.0176. The highest BCUT2D eigenvalue weighted by molar-refractivity contribution is 6.62. The van der Waals surface area contributed by atoms with Gasteiger partial charge in [0.25, 0.3) is 11.8 Å². The first-order valence-electron chi connectivity index (χ1n) is 23.5. The van der Waals surface area contributed by atoms with Crippen LogP contribution in [0.1, 0.15) is 91.9 Å². The van der Waals surface area contributed by atoms with Gasteiger partial charge in [0.1, 0.15) is 12.0 Å². The van der Waals surface area contributed by atoms with Gasteiger partial charge in [-0.3, -0.25) is 28.8 Å². The molecule has 73 heavy (non-hydrogen) atoms. The average molecular weight is 1020 g/mol. The number of nitrogens with one attached hydrogen (secondary N) is 4. The van der Waals surface area contributed by atoms with Crippen molar-refractivity contribution in [1.29, 1.82) is 0 Å². The van der Waals surface area contributed by atoms with E-state index in [0.717, 1.165) is 52.6 Å². The SMILES string of the molecule is CC(=O)Cl.CC(=O)OC[C@](C)(C[C@@H](Cc1ccc(-c2ccccc2)cc1)NC(=O)c1cn[nH]n1)C(=O)O.C[C@@](COC1CCCCO1)(C[C@@H](Cc1ccc(-c2ccccc2)cc1)NC(=O)c1cn[nH]n1)C(=O)O. The number of H-pyrrole nitrogens is 2. The molecule has 6 aromatic rings. The lowest BCUT2D eigenvalue weighted by molar-refractivity contribution is -0.187. The van der Waals surface area contributed by atoms with Crippen molar-refractivity contribution in [3.63, 3.8) is 0 Å². The van der Waals surface area contributed by atoms with Crippen LogP contribution in [0.25, 0.3) is 22.3 Å². The molecule has 2 amide bonds. The Morgan fingerprint density at radius 2 is 1.07 bits per heavy atom. The lowest BCUT2D eigenvalue weighted by atomic mass is 9.82. The highest BCUT2D eigenvalue weighted by Gasteiger charge is 2.39. The molecule has 386 valence electrons. The number of aromatic nitrogens is 6. The van der Waals surface area contributed by atoms with Gasteiger partial charge in [0, 0.05) is 32.5 Å². The van der Waals surface area contributed by atoms with Crippen LogP contribution < -0.4 is 10.6 Å². The van der Waals surface area contributed by atoms with Gasteiger partial charge in [0.15, 0.2) is 17.7 Å². The van der Waals surface area contributed by atoms with Crippen LogP contribution in [0.3, 0.4) is 0 Å².